The SMILES string of the molecule is COc1ccc(C(=O)NCc2cn([C@@H]3O[C@H](COC(C)=O)[C@@H](OC(C)=O)[C@H](OC(C)=O)[C@H]3OC(C)=O)nn2)cn1. The van der Waals surface area contributed by atoms with E-state index in [9.17, 15) is 24.0 Å². The Balaban J connectivity index is 1.87. The zero-order chi connectivity index (χ0) is 29.4. The number of amides is 1. The van der Waals surface area contributed by atoms with E-state index in [0.29, 0.717) is 11.6 Å². The summed E-state index contributed by atoms with van der Waals surface area (Å²) in [6, 6.07) is 3.07. The highest BCUT2D eigenvalue weighted by atomic mass is 16.7. The van der Waals surface area contributed by atoms with Crippen LogP contribution >= 0.6 is 0 Å². The van der Waals surface area contributed by atoms with Gasteiger partial charge >= 0.3 is 23.9 Å². The van der Waals surface area contributed by atoms with Crippen LogP contribution in [0.1, 0.15) is 50.0 Å². The van der Waals surface area contributed by atoms with E-state index in [1.165, 1.54) is 43.2 Å². The molecular formula is C24H29N5O11. The van der Waals surface area contributed by atoms with Crippen LogP contribution in [0, 0.1) is 0 Å². The second kappa shape index (κ2) is 13.5. The average Bonchev–Trinajstić information content (AvgIpc) is 3.36. The van der Waals surface area contributed by atoms with Crippen molar-refractivity contribution in [2.24, 2.45) is 0 Å². The molecule has 40 heavy (non-hydrogen) atoms. The Morgan fingerprint density at radius 2 is 1.57 bits per heavy atom. The van der Waals surface area contributed by atoms with Crippen molar-refractivity contribution >= 4 is 29.8 Å². The van der Waals surface area contributed by atoms with Gasteiger partial charge in [-0.25, -0.2) is 9.67 Å². The first kappa shape index (κ1) is 29.9. The lowest BCUT2D eigenvalue weighted by Gasteiger charge is -2.44. The predicted molar refractivity (Wildman–Crippen MR) is 129 cm³/mol. The molecular weight excluding hydrogens is 534 g/mol. The van der Waals surface area contributed by atoms with E-state index in [-0.39, 0.29) is 18.7 Å². The van der Waals surface area contributed by atoms with E-state index in [0.717, 1.165) is 20.8 Å². The molecule has 1 aliphatic heterocycles. The number of nitrogens with zero attached hydrogens (tertiary/aromatic N) is 4. The topological polar surface area (TPSA) is 196 Å². The summed E-state index contributed by atoms with van der Waals surface area (Å²) in [4.78, 5) is 63.8. The molecule has 16 nitrogen and oxygen atoms in total. The first-order chi connectivity index (χ1) is 19.0. The van der Waals surface area contributed by atoms with Crippen molar-refractivity contribution in [3.63, 3.8) is 0 Å². The van der Waals surface area contributed by atoms with Crippen LogP contribution in [0.5, 0.6) is 5.88 Å². The maximum atomic E-state index is 12.5. The molecule has 0 aromatic carbocycles. The maximum Gasteiger partial charge on any atom is 0.303 e. The van der Waals surface area contributed by atoms with Crippen LogP contribution in [-0.2, 0) is 49.4 Å². The van der Waals surface area contributed by atoms with Crippen molar-refractivity contribution in [2.45, 2.75) is 64.9 Å². The van der Waals surface area contributed by atoms with Gasteiger partial charge < -0.3 is 33.7 Å². The molecule has 0 bridgehead atoms. The van der Waals surface area contributed by atoms with Crippen LogP contribution in [0.2, 0.25) is 0 Å². The second-order valence-electron chi connectivity index (χ2n) is 8.55. The number of nitrogens with one attached hydrogen (secondary N) is 1. The Kier molecular flexibility index (Phi) is 10.1. The molecule has 3 heterocycles. The fourth-order valence-corrected chi connectivity index (χ4v) is 3.85. The van der Waals surface area contributed by atoms with Gasteiger partial charge in [0, 0.05) is 40.0 Å². The van der Waals surface area contributed by atoms with Crippen molar-refractivity contribution in [3.05, 3.63) is 35.8 Å². The van der Waals surface area contributed by atoms with Gasteiger partial charge in [-0.2, -0.15) is 0 Å². The highest BCUT2D eigenvalue weighted by Gasteiger charge is 2.53. The lowest BCUT2D eigenvalue weighted by Crippen LogP contribution is -2.60. The molecule has 5 atom stereocenters. The van der Waals surface area contributed by atoms with Crippen molar-refractivity contribution in [3.8, 4) is 5.88 Å². The van der Waals surface area contributed by atoms with Crippen molar-refractivity contribution in [1.29, 1.82) is 0 Å². The van der Waals surface area contributed by atoms with Crippen LogP contribution in [-0.4, -0.2) is 87.9 Å². The van der Waals surface area contributed by atoms with Gasteiger partial charge in [-0.15, -0.1) is 5.10 Å². The van der Waals surface area contributed by atoms with Gasteiger partial charge in [0.25, 0.3) is 5.91 Å². The number of carbonyl (C=O) groups excluding carboxylic acids is 5. The zero-order valence-electron chi connectivity index (χ0n) is 22.4. The molecule has 2 aromatic heterocycles. The molecule has 0 aliphatic carbocycles. The molecule has 0 spiro atoms. The highest BCUT2D eigenvalue weighted by Crippen LogP contribution is 2.34. The van der Waals surface area contributed by atoms with Crippen LogP contribution in [0.3, 0.4) is 0 Å². The summed E-state index contributed by atoms with van der Waals surface area (Å²) in [6.45, 7) is 4.12. The molecule has 1 amide bonds. The Bertz CT molecular complexity index is 1230. The van der Waals surface area contributed by atoms with Gasteiger partial charge in [0.15, 0.2) is 24.5 Å². The van der Waals surface area contributed by atoms with Crippen LogP contribution in [0.4, 0.5) is 0 Å². The third-order valence-electron chi connectivity index (χ3n) is 5.42. The normalized spacial score (nSPS) is 22.0. The summed E-state index contributed by atoms with van der Waals surface area (Å²) < 4.78 is 33.4. The van der Waals surface area contributed by atoms with Gasteiger partial charge in [0.1, 0.15) is 18.4 Å². The summed E-state index contributed by atoms with van der Waals surface area (Å²) in [5.41, 5.74) is 0.579. The fourth-order valence-electron chi connectivity index (χ4n) is 3.85. The number of pyridine rings is 1. The standard InChI is InChI=1S/C24H29N5O11/c1-12(30)36-11-18-20(37-13(2)31)21(38-14(3)32)22(39-15(4)33)24(40-18)29-10-17(27-28-29)9-26-23(34)16-6-7-19(35-5)25-8-16/h6-8,10,18,20-22,24H,9,11H2,1-5H3,(H,26,34)/t18-,20-,21+,22-,24-/m1/s1. The Labute approximate surface area is 228 Å². The molecule has 0 unspecified atom stereocenters. The summed E-state index contributed by atoms with van der Waals surface area (Å²) >= 11 is 0. The molecule has 216 valence electrons. The molecule has 1 fully saturated rings. The lowest BCUT2D eigenvalue weighted by atomic mass is 9.97. The first-order valence-electron chi connectivity index (χ1n) is 12.0. The minimum Gasteiger partial charge on any atom is -0.481 e. The van der Waals surface area contributed by atoms with Crippen LogP contribution in [0.25, 0.3) is 0 Å². The van der Waals surface area contributed by atoms with Crippen molar-refractivity contribution in [2.75, 3.05) is 13.7 Å². The number of hydrogen-bond acceptors (Lipinski definition) is 14. The summed E-state index contributed by atoms with van der Waals surface area (Å²) in [6.07, 6.45) is -3.67. The largest absolute Gasteiger partial charge is 0.481 e. The minimum absolute atomic E-state index is 0.0455. The molecule has 1 N–H and O–H groups in total. The summed E-state index contributed by atoms with van der Waals surface area (Å²) in [5.74, 6) is -2.98. The second-order valence-corrected chi connectivity index (χ2v) is 8.55. The number of aromatic nitrogens is 4. The van der Waals surface area contributed by atoms with E-state index in [4.69, 9.17) is 28.4 Å². The monoisotopic (exact) mass is 563 g/mol. The number of carbonyl (C=O) groups is 5. The molecule has 1 aliphatic rings. The number of rotatable bonds is 10. The summed E-state index contributed by atoms with van der Waals surface area (Å²) in [7, 11) is 1.46. The van der Waals surface area contributed by atoms with E-state index in [2.05, 4.69) is 20.6 Å². The molecule has 0 saturated carbocycles. The molecule has 0 radical (unpaired) electrons. The molecule has 3 rings (SSSR count). The lowest BCUT2D eigenvalue weighted by molar-refractivity contribution is -0.270. The quantitative estimate of drug-likeness (QED) is 0.296. The Hall–Kier alpha value is -4.60. The average molecular weight is 564 g/mol. The van der Waals surface area contributed by atoms with Crippen LogP contribution < -0.4 is 10.1 Å². The minimum atomic E-state index is -1.36. The number of esters is 4. The van der Waals surface area contributed by atoms with E-state index >= 15 is 0 Å². The Morgan fingerprint density at radius 3 is 2.15 bits per heavy atom. The van der Waals surface area contributed by atoms with Gasteiger partial charge in [-0.1, -0.05) is 5.21 Å². The maximum absolute atomic E-state index is 12.5. The third kappa shape index (κ3) is 7.95. The van der Waals surface area contributed by atoms with Crippen LogP contribution in [0.15, 0.2) is 24.5 Å². The highest BCUT2D eigenvalue weighted by molar-refractivity contribution is 5.93. The van der Waals surface area contributed by atoms with Gasteiger partial charge in [-0.05, 0) is 6.07 Å². The molecule has 16 heteroatoms. The predicted octanol–water partition coefficient (Wildman–Crippen LogP) is -0.133. The Morgan fingerprint density at radius 1 is 0.925 bits per heavy atom. The van der Waals surface area contributed by atoms with Gasteiger partial charge in [-0.3, -0.25) is 24.0 Å². The van der Waals surface area contributed by atoms with E-state index in [1.807, 2.05) is 0 Å². The molecule has 2 aromatic rings. The summed E-state index contributed by atoms with van der Waals surface area (Å²) in [5, 5.41) is 10.7. The fraction of sp³-hybridized carbons (Fsp3) is 0.500. The number of hydrogen-bond donors (Lipinski definition) is 1. The number of ether oxygens (including phenoxy) is 6. The van der Waals surface area contributed by atoms with Gasteiger partial charge in [0.05, 0.1) is 25.4 Å². The zero-order valence-corrected chi connectivity index (χ0v) is 22.4. The first-order valence-corrected chi connectivity index (χ1v) is 12.0. The number of methoxy groups -OCH3 is 1. The van der Waals surface area contributed by atoms with Crippen molar-refractivity contribution in [1.82, 2.24) is 25.3 Å². The van der Waals surface area contributed by atoms with E-state index < -0.39 is 60.4 Å². The van der Waals surface area contributed by atoms with E-state index in [1.54, 1.807) is 0 Å². The van der Waals surface area contributed by atoms with Crippen molar-refractivity contribution < 1.29 is 52.4 Å². The van der Waals surface area contributed by atoms with Gasteiger partial charge in [0.2, 0.25) is 5.88 Å². The smallest absolute Gasteiger partial charge is 0.303 e. The molecule has 1 saturated heterocycles. The third-order valence-corrected chi connectivity index (χ3v) is 5.42.